The zero-order valence-corrected chi connectivity index (χ0v) is 9.99. The molecule has 0 bridgehead atoms. The maximum atomic E-state index is 2.45. The Hall–Kier alpha value is -0.0900. The molecule has 70 valence electrons. The molecule has 0 fully saturated rings. The fourth-order valence-electron chi connectivity index (χ4n) is 2.04. The van der Waals surface area contributed by atoms with Crippen LogP contribution in [0.25, 0.3) is 0 Å². The molecule has 1 aliphatic heterocycles. The van der Waals surface area contributed by atoms with E-state index in [1.165, 1.54) is 24.9 Å². The highest BCUT2D eigenvalue weighted by Gasteiger charge is 2.23. The monoisotopic (exact) mass is 287 g/mol. The summed E-state index contributed by atoms with van der Waals surface area (Å²) in [7, 11) is 0. The molecule has 0 unspecified atom stereocenters. The molecule has 1 aromatic carbocycles. The second kappa shape index (κ2) is 3.96. The lowest BCUT2D eigenvalue weighted by Gasteiger charge is -2.32. The quantitative estimate of drug-likeness (QED) is 0.565. The van der Waals surface area contributed by atoms with Crippen LogP contribution in [-0.2, 0) is 6.42 Å². The summed E-state index contributed by atoms with van der Waals surface area (Å²) >= 11 is 2.45. The highest BCUT2D eigenvalue weighted by atomic mass is 127. The van der Waals surface area contributed by atoms with E-state index in [0.717, 1.165) is 0 Å². The first-order chi connectivity index (χ1) is 6.33. The van der Waals surface area contributed by atoms with Crippen molar-refractivity contribution in [2.45, 2.75) is 25.8 Å². The fraction of sp³-hybridized carbons (Fsp3) is 0.455. The predicted molar refractivity (Wildman–Crippen MR) is 63.9 cm³/mol. The zero-order chi connectivity index (χ0) is 9.26. The molecule has 0 saturated heterocycles. The van der Waals surface area contributed by atoms with Crippen molar-refractivity contribution >= 4 is 22.9 Å². The predicted octanol–water partition coefficient (Wildman–Crippen LogP) is 3.35. The van der Waals surface area contributed by atoms with Crippen molar-refractivity contribution in [2.24, 2.45) is 0 Å². The molecule has 0 saturated carbocycles. The van der Waals surface area contributed by atoms with Crippen molar-refractivity contribution in [1.29, 1.82) is 0 Å². The summed E-state index contributed by atoms with van der Waals surface area (Å²) in [5, 5.41) is 0. The Morgan fingerprint density at radius 1 is 1.46 bits per heavy atom. The molecule has 0 N–H and O–H groups in total. The maximum absolute atomic E-state index is 2.45. The van der Waals surface area contributed by atoms with E-state index in [-0.39, 0.29) is 0 Å². The minimum atomic E-state index is 0.630. The highest BCUT2D eigenvalue weighted by molar-refractivity contribution is 14.1. The minimum Gasteiger partial charge on any atom is -0.240 e. The van der Waals surface area contributed by atoms with Gasteiger partial charge in [0.1, 0.15) is 0 Å². The maximum Gasteiger partial charge on any atom is 0.0443 e. The van der Waals surface area contributed by atoms with E-state index in [0.29, 0.717) is 6.04 Å². The van der Waals surface area contributed by atoms with Gasteiger partial charge >= 0.3 is 0 Å². The van der Waals surface area contributed by atoms with Gasteiger partial charge in [0.25, 0.3) is 0 Å². The topological polar surface area (TPSA) is 3.24 Å². The Bertz CT molecular complexity index is 298. The van der Waals surface area contributed by atoms with Gasteiger partial charge in [-0.1, -0.05) is 31.2 Å². The minimum absolute atomic E-state index is 0.630. The molecule has 0 amide bonds. The first-order valence-corrected chi connectivity index (χ1v) is 5.79. The Morgan fingerprint density at radius 3 is 3.00 bits per heavy atom. The first-order valence-electron chi connectivity index (χ1n) is 4.83. The van der Waals surface area contributed by atoms with E-state index in [9.17, 15) is 0 Å². The summed E-state index contributed by atoms with van der Waals surface area (Å²) in [6, 6.07) is 9.47. The van der Waals surface area contributed by atoms with Crippen molar-refractivity contribution in [2.75, 3.05) is 6.54 Å². The summed E-state index contributed by atoms with van der Waals surface area (Å²) in [5.74, 6) is 0. The molecule has 1 aromatic rings. The third kappa shape index (κ3) is 1.74. The van der Waals surface area contributed by atoms with Crippen LogP contribution in [-0.4, -0.2) is 9.66 Å². The summed E-state index contributed by atoms with van der Waals surface area (Å²) in [4.78, 5) is 0. The molecule has 0 spiro atoms. The van der Waals surface area contributed by atoms with Gasteiger partial charge in [0.2, 0.25) is 0 Å². The van der Waals surface area contributed by atoms with Gasteiger partial charge in [-0.2, -0.15) is 0 Å². The number of fused-ring (bicyclic) bond motifs is 1. The highest BCUT2D eigenvalue weighted by Crippen LogP contribution is 2.33. The van der Waals surface area contributed by atoms with Crippen LogP contribution < -0.4 is 0 Å². The molecule has 2 heteroatoms. The van der Waals surface area contributed by atoms with E-state index in [1.54, 1.807) is 5.56 Å². The van der Waals surface area contributed by atoms with Gasteiger partial charge in [-0.15, -0.1) is 0 Å². The molecule has 0 aliphatic carbocycles. The number of nitrogens with zero attached hydrogens (tertiary/aromatic N) is 1. The number of hydrogen-bond donors (Lipinski definition) is 0. The van der Waals surface area contributed by atoms with Gasteiger partial charge in [0.15, 0.2) is 0 Å². The van der Waals surface area contributed by atoms with Crippen LogP contribution in [0.5, 0.6) is 0 Å². The summed E-state index contributed by atoms with van der Waals surface area (Å²) in [6.45, 7) is 3.45. The molecule has 0 radical (unpaired) electrons. The average molecular weight is 287 g/mol. The summed E-state index contributed by atoms with van der Waals surface area (Å²) in [6.07, 6.45) is 2.41. The lowest BCUT2D eigenvalue weighted by atomic mass is 9.93. The van der Waals surface area contributed by atoms with E-state index >= 15 is 0 Å². The number of rotatable bonds is 1. The lowest BCUT2D eigenvalue weighted by molar-refractivity contribution is 0.361. The van der Waals surface area contributed by atoms with Crippen LogP contribution in [0, 0.1) is 0 Å². The lowest BCUT2D eigenvalue weighted by Crippen LogP contribution is -2.27. The molecule has 1 heterocycles. The van der Waals surface area contributed by atoms with E-state index in [1.807, 2.05) is 0 Å². The van der Waals surface area contributed by atoms with E-state index < -0.39 is 0 Å². The Kier molecular flexibility index (Phi) is 2.89. The second-order valence-electron chi connectivity index (χ2n) is 3.50. The van der Waals surface area contributed by atoms with E-state index in [4.69, 9.17) is 0 Å². The smallest absolute Gasteiger partial charge is 0.0443 e. The van der Waals surface area contributed by atoms with Gasteiger partial charge in [-0.3, -0.25) is 0 Å². The largest absolute Gasteiger partial charge is 0.240 e. The standard InChI is InChI=1S/C11H14IN/c1-2-11-10-6-4-3-5-9(10)7-8-13(11)12/h3-6,11H,2,7-8H2,1H3/t11-/m1/s1. The molecule has 0 aromatic heterocycles. The Balaban J connectivity index is 2.39. The van der Waals surface area contributed by atoms with Crippen molar-refractivity contribution < 1.29 is 0 Å². The number of halogens is 1. The molecular formula is C11H14IN. The van der Waals surface area contributed by atoms with Gasteiger partial charge in [0.05, 0.1) is 0 Å². The van der Waals surface area contributed by atoms with Crippen molar-refractivity contribution in [3.63, 3.8) is 0 Å². The van der Waals surface area contributed by atoms with Gasteiger partial charge in [-0.25, -0.2) is 3.11 Å². The zero-order valence-electron chi connectivity index (χ0n) is 7.83. The number of benzene rings is 1. The number of hydrogen-bond acceptors (Lipinski definition) is 1. The molecule has 2 rings (SSSR count). The van der Waals surface area contributed by atoms with Gasteiger partial charge in [-0.05, 0) is 24.0 Å². The molecular weight excluding hydrogens is 273 g/mol. The van der Waals surface area contributed by atoms with E-state index in [2.05, 4.69) is 57.2 Å². The molecule has 13 heavy (non-hydrogen) atoms. The van der Waals surface area contributed by atoms with Crippen LogP contribution in [0.1, 0.15) is 30.5 Å². The third-order valence-electron chi connectivity index (χ3n) is 2.73. The fourth-order valence-corrected chi connectivity index (χ4v) is 2.97. The van der Waals surface area contributed by atoms with Crippen LogP contribution in [0.4, 0.5) is 0 Å². The summed E-state index contributed by atoms with van der Waals surface area (Å²) < 4.78 is 2.43. The average Bonchev–Trinajstić information content (AvgIpc) is 2.18. The molecule has 1 nitrogen and oxygen atoms in total. The third-order valence-corrected chi connectivity index (χ3v) is 3.89. The molecule has 1 atom stereocenters. The van der Waals surface area contributed by atoms with Crippen LogP contribution >= 0.6 is 22.9 Å². The van der Waals surface area contributed by atoms with Gasteiger partial charge < -0.3 is 0 Å². The van der Waals surface area contributed by atoms with Crippen LogP contribution in [0.2, 0.25) is 0 Å². The Labute approximate surface area is 93.6 Å². The van der Waals surface area contributed by atoms with Crippen molar-refractivity contribution in [3.05, 3.63) is 35.4 Å². The van der Waals surface area contributed by atoms with Crippen LogP contribution in [0.15, 0.2) is 24.3 Å². The normalized spacial score (nSPS) is 22.8. The van der Waals surface area contributed by atoms with Crippen molar-refractivity contribution in [3.8, 4) is 0 Å². The second-order valence-corrected chi connectivity index (χ2v) is 4.74. The van der Waals surface area contributed by atoms with Crippen molar-refractivity contribution in [1.82, 2.24) is 3.11 Å². The van der Waals surface area contributed by atoms with Gasteiger partial charge in [0, 0.05) is 35.5 Å². The molecule has 1 aliphatic rings. The SMILES string of the molecule is CC[C@@H]1c2ccccc2CCN1I. The first kappa shape index (κ1) is 9.46. The van der Waals surface area contributed by atoms with Crippen LogP contribution in [0.3, 0.4) is 0 Å². The summed E-state index contributed by atoms with van der Waals surface area (Å²) in [5.41, 5.74) is 3.08. The Morgan fingerprint density at radius 2 is 2.23 bits per heavy atom.